The van der Waals surface area contributed by atoms with Gasteiger partial charge in [-0.25, -0.2) is 13.4 Å². The zero-order valence-electron chi connectivity index (χ0n) is 16.5. The van der Waals surface area contributed by atoms with E-state index in [1.54, 1.807) is 34.8 Å². The molecule has 4 heterocycles. The molecule has 1 fully saturated rings. The largest absolute Gasteiger partial charge is 0.332 e. The van der Waals surface area contributed by atoms with E-state index >= 15 is 0 Å². The van der Waals surface area contributed by atoms with Crippen LogP contribution in [-0.2, 0) is 16.6 Å². The molecule has 154 valence electrons. The van der Waals surface area contributed by atoms with Crippen LogP contribution >= 0.6 is 0 Å². The van der Waals surface area contributed by atoms with E-state index in [2.05, 4.69) is 38.1 Å². The van der Waals surface area contributed by atoms with Gasteiger partial charge in [0.1, 0.15) is 5.65 Å². The number of sulfonamides is 1. The SMILES string of the molecule is O=S(=O)(c1ccccc1)N1CCC(Cn2ccc3cc(-c4cn[nH]c4)cnc32)CC1. The summed E-state index contributed by atoms with van der Waals surface area (Å²) in [5.74, 6) is 0.429. The predicted octanol–water partition coefficient (Wildman–Crippen LogP) is 3.53. The van der Waals surface area contributed by atoms with E-state index in [1.807, 2.05) is 18.5 Å². The number of nitrogens with zero attached hydrogens (tertiary/aromatic N) is 4. The maximum atomic E-state index is 12.8. The second-order valence-electron chi connectivity index (χ2n) is 7.75. The molecule has 0 spiro atoms. The highest BCUT2D eigenvalue weighted by atomic mass is 32.2. The van der Waals surface area contributed by atoms with E-state index in [9.17, 15) is 8.42 Å². The minimum absolute atomic E-state index is 0.373. The smallest absolute Gasteiger partial charge is 0.243 e. The molecule has 3 aromatic heterocycles. The van der Waals surface area contributed by atoms with Gasteiger partial charge in [-0.3, -0.25) is 5.10 Å². The number of aromatic nitrogens is 4. The van der Waals surface area contributed by atoms with Crippen molar-refractivity contribution in [1.29, 1.82) is 0 Å². The Labute approximate surface area is 175 Å². The summed E-state index contributed by atoms with van der Waals surface area (Å²) in [4.78, 5) is 5.04. The second-order valence-corrected chi connectivity index (χ2v) is 9.69. The zero-order valence-corrected chi connectivity index (χ0v) is 17.3. The molecule has 0 unspecified atom stereocenters. The van der Waals surface area contributed by atoms with E-state index in [-0.39, 0.29) is 0 Å². The van der Waals surface area contributed by atoms with Crippen LogP contribution in [0.15, 0.2) is 72.1 Å². The molecule has 30 heavy (non-hydrogen) atoms. The van der Waals surface area contributed by atoms with E-state index in [0.29, 0.717) is 23.9 Å². The molecule has 0 aliphatic carbocycles. The lowest BCUT2D eigenvalue weighted by atomic mass is 9.98. The molecule has 1 aromatic carbocycles. The number of H-pyrrole nitrogens is 1. The number of benzene rings is 1. The number of pyridine rings is 1. The average molecular weight is 422 g/mol. The van der Waals surface area contributed by atoms with Crippen LogP contribution in [-0.4, -0.2) is 45.6 Å². The molecular formula is C22H23N5O2S. The van der Waals surface area contributed by atoms with Crippen LogP contribution < -0.4 is 0 Å². The molecule has 1 aliphatic rings. The van der Waals surface area contributed by atoms with Crippen molar-refractivity contribution in [3.8, 4) is 11.1 Å². The molecule has 1 N–H and O–H groups in total. The van der Waals surface area contributed by atoms with Gasteiger partial charge in [-0.15, -0.1) is 0 Å². The van der Waals surface area contributed by atoms with Crippen LogP contribution in [0.2, 0.25) is 0 Å². The maximum absolute atomic E-state index is 12.8. The normalized spacial score (nSPS) is 16.3. The van der Waals surface area contributed by atoms with E-state index in [0.717, 1.165) is 41.5 Å². The van der Waals surface area contributed by atoms with Gasteiger partial charge in [0.15, 0.2) is 0 Å². The van der Waals surface area contributed by atoms with Gasteiger partial charge in [0.2, 0.25) is 10.0 Å². The lowest BCUT2D eigenvalue weighted by molar-refractivity contribution is 0.254. The topological polar surface area (TPSA) is 83.9 Å². The molecule has 1 aliphatic heterocycles. The van der Waals surface area contributed by atoms with Gasteiger partial charge < -0.3 is 4.57 Å². The summed E-state index contributed by atoms with van der Waals surface area (Å²) < 4.78 is 29.4. The highest BCUT2D eigenvalue weighted by molar-refractivity contribution is 7.89. The quantitative estimate of drug-likeness (QED) is 0.534. The van der Waals surface area contributed by atoms with Crippen LogP contribution in [0.3, 0.4) is 0 Å². The molecule has 1 saturated heterocycles. The summed E-state index contributed by atoms with van der Waals surface area (Å²) in [5, 5.41) is 7.92. The zero-order chi connectivity index (χ0) is 20.6. The summed E-state index contributed by atoms with van der Waals surface area (Å²) in [6, 6.07) is 12.9. The average Bonchev–Trinajstić information content (AvgIpc) is 3.45. The highest BCUT2D eigenvalue weighted by Gasteiger charge is 2.29. The summed E-state index contributed by atoms with van der Waals surface area (Å²) in [6.45, 7) is 1.96. The summed E-state index contributed by atoms with van der Waals surface area (Å²) in [5.41, 5.74) is 3.01. The second kappa shape index (κ2) is 7.70. The number of hydrogen-bond donors (Lipinski definition) is 1. The predicted molar refractivity (Wildman–Crippen MR) is 115 cm³/mol. The Morgan fingerprint density at radius 1 is 1.03 bits per heavy atom. The van der Waals surface area contributed by atoms with Crippen LogP contribution in [0.4, 0.5) is 0 Å². The standard InChI is InChI=1S/C22H23N5O2S/c28-30(29,21-4-2-1-3-5-21)27-10-6-17(7-11-27)16-26-9-8-18-12-19(13-23-22(18)26)20-14-24-25-15-20/h1-5,8-9,12-15,17H,6-7,10-11,16H2,(H,24,25). The van der Waals surface area contributed by atoms with Crippen molar-refractivity contribution >= 4 is 21.1 Å². The van der Waals surface area contributed by atoms with Gasteiger partial charge in [0.05, 0.1) is 11.1 Å². The molecule has 8 heteroatoms. The van der Waals surface area contributed by atoms with Gasteiger partial charge in [-0.2, -0.15) is 9.40 Å². The first-order valence-corrected chi connectivity index (χ1v) is 11.5. The first kappa shape index (κ1) is 19.0. The molecule has 5 rings (SSSR count). The van der Waals surface area contributed by atoms with Crippen molar-refractivity contribution in [3.05, 3.63) is 67.3 Å². The Morgan fingerprint density at radius 2 is 1.83 bits per heavy atom. The summed E-state index contributed by atoms with van der Waals surface area (Å²) in [6.07, 6.45) is 9.29. The molecular weight excluding hydrogens is 398 g/mol. The summed E-state index contributed by atoms with van der Waals surface area (Å²) in [7, 11) is -3.40. The summed E-state index contributed by atoms with van der Waals surface area (Å²) >= 11 is 0. The van der Waals surface area contributed by atoms with Crippen LogP contribution in [0, 0.1) is 5.92 Å². The van der Waals surface area contributed by atoms with Crippen molar-refractivity contribution in [2.45, 2.75) is 24.3 Å². The van der Waals surface area contributed by atoms with Crippen molar-refractivity contribution in [2.75, 3.05) is 13.1 Å². The molecule has 4 aromatic rings. The lowest BCUT2D eigenvalue weighted by Crippen LogP contribution is -2.39. The Hall–Kier alpha value is -2.97. The van der Waals surface area contributed by atoms with E-state index in [4.69, 9.17) is 0 Å². The fraction of sp³-hybridized carbons (Fsp3) is 0.273. The third-order valence-electron chi connectivity index (χ3n) is 5.84. The number of aromatic amines is 1. The van der Waals surface area contributed by atoms with Crippen molar-refractivity contribution in [3.63, 3.8) is 0 Å². The van der Waals surface area contributed by atoms with Gasteiger partial charge in [-0.05, 0) is 43.0 Å². The number of fused-ring (bicyclic) bond motifs is 1. The number of hydrogen-bond acceptors (Lipinski definition) is 4. The molecule has 0 saturated carbocycles. The van der Waals surface area contributed by atoms with Crippen molar-refractivity contribution in [2.24, 2.45) is 5.92 Å². The highest BCUT2D eigenvalue weighted by Crippen LogP contribution is 2.27. The van der Waals surface area contributed by atoms with Gasteiger partial charge in [0, 0.05) is 54.7 Å². The lowest BCUT2D eigenvalue weighted by Gasteiger charge is -2.31. The number of rotatable bonds is 5. The van der Waals surface area contributed by atoms with Gasteiger partial charge >= 0.3 is 0 Å². The monoisotopic (exact) mass is 421 g/mol. The first-order valence-electron chi connectivity index (χ1n) is 10.1. The first-order chi connectivity index (χ1) is 14.6. The Morgan fingerprint density at radius 3 is 2.57 bits per heavy atom. The fourth-order valence-corrected chi connectivity index (χ4v) is 5.63. The Kier molecular flexibility index (Phi) is 4.88. The van der Waals surface area contributed by atoms with Gasteiger partial charge in [-0.1, -0.05) is 18.2 Å². The minimum atomic E-state index is -3.40. The van der Waals surface area contributed by atoms with Crippen LogP contribution in [0.1, 0.15) is 12.8 Å². The molecule has 7 nitrogen and oxygen atoms in total. The van der Waals surface area contributed by atoms with Crippen molar-refractivity contribution < 1.29 is 8.42 Å². The Bertz CT molecular complexity index is 1240. The van der Waals surface area contributed by atoms with E-state index in [1.165, 1.54) is 0 Å². The maximum Gasteiger partial charge on any atom is 0.243 e. The van der Waals surface area contributed by atoms with Crippen LogP contribution in [0.5, 0.6) is 0 Å². The minimum Gasteiger partial charge on any atom is -0.332 e. The number of piperidine rings is 1. The Balaban J connectivity index is 1.27. The molecule has 0 amide bonds. The van der Waals surface area contributed by atoms with Gasteiger partial charge in [0.25, 0.3) is 0 Å². The number of nitrogens with one attached hydrogen (secondary N) is 1. The molecule has 0 atom stereocenters. The molecule has 0 bridgehead atoms. The van der Waals surface area contributed by atoms with Crippen LogP contribution in [0.25, 0.3) is 22.2 Å². The van der Waals surface area contributed by atoms with E-state index < -0.39 is 10.0 Å². The fourth-order valence-electron chi connectivity index (χ4n) is 4.14. The third-order valence-corrected chi connectivity index (χ3v) is 7.76. The third kappa shape index (κ3) is 3.53. The van der Waals surface area contributed by atoms with Crippen molar-refractivity contribution in [1.82, 2.24) is 24.1 Å². The molecule has 0 radical (unpaired) electrons.